The van der Waals surface area contributed by atoms with Gasteiger partial charge in [0, 0.05) is 10.8 Å². The largest absolute Gasteiger partial charge is 0.288 e. The van der Waals surface area contributed by atoms with E-state index in [0.717, 1.165) is 21.8 Å². The maximum atomic E-state index is 11.1. The Morgan fingerprint density at radius 2 is 2.07 bits per heavy atom. The number of hydrogen-bond donors (Lipinski definition) is 0. The summed E-state index contributed by atoms with van der Waals surface area (Å²) in [6, 6.07) is 3.67. The number of aliphatic imine (C=N–C) groups is 1. The van der Waals surface area contributed by atoms with Crippen LogP contribution in [0.4, 0.5) is 5.69 Å². The number of ketones is 1. The highest BCUT2D eigenvalue weighted by atomic mass is 16.1. The molecule has 0 bridgehead atoms. The number of carbonyl (C=O) groups is 1. The van der Waals surface area contributed by atoms with Gasteiger partial charge in [0.2, 0.25) is 0 Å². The van der Waals surface area contributed by atoms with E-state index in [0.29, 0.717) is 0 Å². The van der Waals surface area contributed by atoms with Crippen molar-refractivity contribution in [2.75, 3.05) is 0 Å². The van der Waals surface area contributed by atoms with Gasteiger partial charge in [-0.15, -0.1) is 0 Å². The lowest BCUT2D eigenvalue weighted by molar-refractivity contribution is -0.107. The Balaban J connectivity index is 2.48. The van der Waals surface area contributed by atoms with Crippen molar-refractivity contribution in [1.29, 1.82) is 0 Å². The number of rotatable bonds is 0. The summed E-state index contributed by atoms with van der Waals surface area (Å²) in [7, 11) is 0. The molecule has 0 aliphatic carbocycles. The highest BCUT2D eigenvalue weighted by Gasteiger charge is 2.10. The number of fused-ring (bicyclic) bond motifs is 3. The molecule has 1 aromatic carbocycles. The van der Waals surface area contributed by atoms with Crippen molar-refractivity contribution in [3.63, 3.8) is 0 Å². The Hall–Kier alpha value is -2.10. The molecule has 1 aromatic rings. The van der Waals surface area contributed by atoms with Crippen LogP contribution in [0.5, 0.6) is 0 Å². The molecular formula is C10H5N3O. The predicted molar refractivity (Wildman–Crippen MR) is 52.4 cm³/mol. The van der Waals surface area contributed by atoms with Crippen LogP contribution < -0.4 is 10.6 Å². The van der Waals surface area contributed by atoms with E-state index in [1.165, 1.54) is 6.21 Å². The van der Waals surface area contributed by atoms with Crippen LogP contribution in [0.2, 0.25) is 0 Å². The third-order valence-electron chi connectivity index (χ3n) is 2.20. The Kier molecular flexibility index (Phi) is 1.28. The van der Waals surface area contributed by atoms with E-state index in [1.54, 1.807) is 12.3 Å². The Morgan fingerprint density at radius 3 is 3.00 bits per heavy atom. The lowest BCUT2D eigenvalue weighted by atomic mass is 10.1. The fourth-order valence-corrected chi connectivity index (χ4v) is 1.56. The van der Waals surface area contributed by atoms with Crippen LogP contribution in [0.15, 0.2) is 27.3 Å². The number of hydrogen-bond acceptors (Lipinski definition) is 4. The number of carbonyl (C=O) groups excluding carboxylic acids is 1. The van der Waals surface area contributed by atoms with Crippen LogP contribution in [0.3, 0.4) is 0 Å². The lowest BCUT2D eigenvalue weighted by Crippen LogP contribution is -2.18. The van der Waals surface area contributed by atoms with Crippen molar-refractivity contribution in [2.45, 2.75) is 0 Å². The quantitative estimate of drug-likeness (QED) is 0.545. The number of Topliss-reactive ketones (excluding diaryl/α,β-unsaturated/α-hetero) is 1. The topological polar surface area (TPSA) is 54.1 Å². The highest BCUT2D eigenvalue weighted by Crippen LogP contribution is 2.11. The molecule has 0 unspecified atom stereocenters. The first-order valence-electron chi connectivity index (χ1n) is 4.18. The third kappa shape index (κ3) is 0.877. The minimum atomic E-state index is -0.0793. The molecule has 2 aliphatic rings. The van der Waals surface area contributed by atoms with Gasteiger partial charge in [0.05, 0.1) is 23.5 Å². The van der Waals surface area contributed by atoms with Crippen molar-refractivity contribution in [1.82, 2.24) is 0 Å². The van der Waals surface area contributed by atoms with Crippen LogP contribution in [-0.2, 0) is 4.79 Å². The average Bonchev–Trinajstić information content (AvgIpc) is 2.65. The SMILES string of the molecule is O=C1C=Nc2c3c(ccc2=C1)=NN=C3. The smallest absolute Gasteiger partial charge is 0.197 e. The highest BCUT2D eigenvalue weighted by molar-refractivity contribution is 6.42. The second kappa shape index (κ2) is 2.45. The van der Waals surface area contributed by atoms with Gasteiger partial charge in [-0.3, -0.25) is 9.79 Å². The molecule has 2 heterocycles. The molecule has 4 nitrogen and oxygen atoms in total. The third-order valence-corrected chi connectivity index (χ3v) is 2.20. The van der Waals surface area contributed by atoms with Crippen molar-refractivity contribution in [3.05, 3.63) is 28.3 Å². The van der Waals surface area contributed by atoms with Crippen LogP contribution in [-0.4, -0.2) is 18.2 Å². The Labute approximate surface area is 79.0 Å². The molecular weight excluding hydrogens is 178 g/mol. The summed E-state index contributed by atoms with van der Waals surface area (Å²) >= 11 is 0. The van der Waals surface area contributed by atoms with E-state index in [2.05, 4.69) is 15.2 Å². The van der Waals surface area contributed by atoms with Crippen molar-refractivity contribution in [2.24, 2.45) is 15.2 Å². The molecule has 0 aromatic heterocycles. The second-order valence-electron chi connectivity index (χ2n) is 3.09. The summed E-state index contributed by atoms with van der Waals surface area (Å²) in [5.74, 6) is -0.0793. The molecule has 14 heavy (non-hydrogen) atoms. The monoisotopic (exact) mass is 183 g/mol. The van der Waals surface area contributed by atoms with E-state index in [1.807, 2.05) is 12.1 Å². The molecule has 4 heteroatoms. The first-order chi connectivity index (χ1) is 6.84. The predicted octanol–water partition coefficient (Wildman–Crippen LogP) is -0.281. The van der Waals surface area contributed by atoms with E-state index >= 15 is 0 Å². The molecule has 0 N–H and O–H groups in total. The zero-order valence-corrected chi connectivity index (χ0v) is 7.14. The maximum Gasteiger partial charge on any atom is 0.197 e. The van der Waals surface area contributed by atoms with Crippen LogP contribution >= 0.6 is 0 Å². The minimum Gasteiger partial charge on any atom is -0.288 e. The standard InChI is InChI=1S/C10H5N3O/c14-7-3-6-1-2-9-8(5-12-13-9)10(6)11-4-7/h1-5H. The number of benzene rings is 1. The van der Waals surface area contributed by atoms with Gasteiger partial charge in [-0.05, 0) is 12.1 Å². The summed E-state index contributed by atoms with van der Waals surface area (Å²) < 4.78 is 0. The fourth-order valence-electron chi connectivity index (χ4n) is 1.56. The van der Waals surface area contributed by atoms with Gasteiger partial charge in [0.25, 0.3) is 0 Å². The number of nitrogens with zero attached hydrogens (tertiary/aromatic N) is 3. The first kappa shape index (κ1) is 7.32. The van der Waals surface area contributed by atoms with Gasteiger partial charge < -0.3 is 0 Å². The summed E-state index contributed by atoms with van der Waals surface area (Å²) in [6.45, 7) is 0. The minimum absolute atomic E-state index is 0.0793. The molecule has 0 amide bonds. The van der Waals surface area contributed by atoms with E-state index in [9.17, 15) is 4.79 Å². The fraction of sp³-hybridized carbons (Fsp3) is 0. The molecule has 0 fully saturated rings. The normalized spacial score (nSPS) is 15.9. The van der Waals surface area contributed by atoms with Gasteiger partial charge in [0.15, 0.2) is 5.78 Å². The summed E-state index contributed by atoms with van der Waals surface area (Å²) in [5, 5.41) is 9.37. The van der Waals surface area contributed by atoms with Crippen LogP contribution in [0.25, 0.3) is 6.08 Å². The molecule has 2 aliphatic heterocycles. The van der Waals surface area contributed by atoms with Gasteiger partial charge in [-0.1, -0.05) is 6.07 Å². The van der Waals surface area contributed by atoms with Crippen molar-refractivity contribution >= 4 is 30.0 Å². The molecule has 0 saturated heterocycles. The van der Waals surface area contributed by atoms with Crippen LogP contribution in [0.1, 0.15) is 5.56 Å². The van der Waals surface area contributed by atoms with E-state index in [-0.39, 0.29) is 5.78 Å². The van der Waals surface area contributed by atoms with E-state index < -0.39 is 0 Å². The molecule has 66 valence electrons. The van der Waals surface area contributed by atoms with Crippen LogP contribution in [0, 0.1) is 0 Å². The zero-order valence-electron chi connectivity index (χ0n) is 7.14. The molecule has 0 spiro atoms. The van der Waals surface area contributed by atoms with Gasteiger partial charge in [0.1, 0.15) is 0 Å². The van der Waals surface area contributed by atoms with E-state index in [4.69, 9.17) is 0 Å². The van der Waals surface area contributed by atoms with Gasteiger partial charge in [-0.2, -0.15) is 10.2 Å². The summed E-state index contributed by atoms with van der Waals surface area (Å²) in [4.78, 5) is 15.2. The van der Waals surface area contributed by atoms with Gasteiger partial charge >= 0.3 is 0 Å². The second-order valence-corrected chi connectivity index (χ2v) is 3.09. The lowest BCUT2D eigenvalue weighted by Gasteiger charge is -2.02. The van der Waals surface area contributed by atoms with Crippen molar-refractivity contribution in [3.8, 4) is 0 Å². The van der Waals surface area contributed by atoms with Crippen molar-refractivity contribution < 1.29 is 4.79 Å². The maximum absolute atomic E-state index is 11.1. The zero-order chi connectivity index (χ0) is 9.54. The Bertz CT molecular complexity index is 611. The average molecular weight is 183 g/mol. The summed E-state index contributed by atoms with van der Waals surface area (Å²) in [5.41, 5.74) is 1.68. The van der Waals surface area contributed by atoms with Gasteiger partial charge in [-0.25, -0.2) is 0 Å². The molecule has 0 radical (unpaired) electrons. The molecule has 0 atom stereocenters. The first-order valence-corrected chi connectivity index (χ1v) is 4.18. The Morgan fingerprint density at radius 1 is 1.14 bits per heavy atom. The molecule has 3 rings (SSSR count). The molecule has 0 saturated carbocycles. The summed E-state index contributed by atoms with van der Waals surface area (Å²) in [6.07, 6.45) is 4.54.